The van der Waals surface area contributed by atoms with E-state index in [9.17, 15) is 0 Å². The average Bonchev–Trinajstić information content (AvgIpc) is 3.33. The molecule has 0 aliphatic carbocycles. The first-order valence-corrected chi connectivity index (χ1v) is 9.29. The van der Waals surface area contributed by atoms with E-state index in [-0.39, 0.29) is 0 Å². The number of nitrogens with zero attached hydrogens (tertiary/aromatic N) is 5. The highest BCUT2D eigenvalue weighted by Gasteiger charge is 2.14. The minimum Gasteiger partial charge on any atom is -0.496 e. The predicted octanol–water partition coefficient (Wildman–Crippen LogP) is 4.29. The Labute approximate surface area is 161 Å². The van der Waals surface area contributed by atoms with Crippen LogP contribution in [0, 0.1) is 13.8 Å². The Kier molecular flexibility index (Phi) is 4.45. The van der Waals surface area contributed by atoms with Crippen LogP contribution in [0.3, 0.4) is 0 Å². The Hall–Kier alpha value is -3.06. The maximum atomic E-state index is 5.54. The zero-order valence-corrected chi connectivity index (χ0v) is 16.4. The van der Waals surface area contributed by atoms with Gasteiger partial charge in [-0.25, -0.2) is 4.68 Å². The number of hydrogen-bond donors (Lipinski definition) is 0. The minimum absolute atomic E-state index is 0.740. The van der Waals surface area contributed by atoms with Crippen LogP contribution in [0.2, 0.25) is 0 Å². The summed E-state index contributed by atoms with van der Waals surface area (Å²) < 4.78 is 11.6. The molecule has 0 saturated heterocycles. The maximum absolute atomic E-state index is 5.54. The summed E-state index contributed by atoms with van der Waals surface area (Å²) in [4.78, 5) is 1.13. The SMILES string of the molecule is COc1cc(-c2sncc2-c2ccc(-c3nnnn3C)cc2)cc(C)c1C. The van der Waals surface area contributed by atoms with E-state index < -0.39 is 0 Å². The molecule has 136 valence electrons. The monoisotopic (exact) mass is 377 g/mol. The van der Waals surface area contributed by atoms with Crippen molar-refractivity contribution in [1.82, 2.24) is 24.6 Å². The molecule has 0 aliphatic rings. The van der Waals surface area contributed by atoms with Gasteiger partial charge in [0.2, 0.25) is 0 Å². The number of aromatic nitrogens is 5. The molecule has 4 rings (SSSR count). The van der Waals surface area contributed by atoms with Gasteiger partial charge in [-0.05, 0) is 64.1 Å². The molecule has 0 atom stereocenters. The summed E-state index contributed by atoms with van der Waals surface area (Å²) >= 11 is 1.49. The number of aryl methyl sites for hydroxylation is 2. The lowest BCUT2D eigenvalue weighted by Gasteiger charge is -2.11. The van der Waals surface area contributed by atoms with Gasteiger partial charge >= 0.3 is 0 Å². The molecule has 2 heterocycles. The molecule has 2 aromatic heterocycles. The molecular formula is C20H19N5OS. The molecule has 4 aromatic rings. The summed E-state index contributed by atoms with van der Waals surface area (Å²) in [6, 6.07) is 12.5. The highest BCUT2D eigenvalue weighted by atomic mass is 32.1. The molecule has 0 amide bonds. The fraction of sp³-hybridized carbons (Fsp3) is 0.200. The van der Waals surface area contributed by atoms with Crippen LogP contribution in [-0.4, -0.2) is 31.7 Å². The maximum Gasteiger partial charge on any atom is 0.181 e. The Bertz CT molecular complexity index is 1100. The quantitative estimate of drug-likeness (QED) is 0.531. The fourth-order valence-electron chi connectivity index (χ4n) is 3.10. The second-order valence-electron chi connectivity index (χ2n) is 6.39. The Balaban J connectivity index is 1.75. The molecule has 7 heteroatoms. The van der Waals surface area contributed by atoms with Gasteiger partial charge in [-0.15, -0.1) is 5.10 Å². The van der Waals surface area contributed by atoms with E-state index in [1.54, 1.807) is 11.8 Å². The third-order valence-electron chi connectivity index (χ3n) is 4.75. The average molecular weight is 377 g/mol. The fourth-order valence-corrected chi connectivity index (χ4v) is 3.85. The van der Waals surface area contributed by atoms with Crippen LogP contribution in [-0.2, 0) is 7.05 Å². The summed E-state index contributed by atoms with van der Waals surface area (Å²) in [6.07, 6.45) is 1.92. The number of rotatable bonds is 4. The molecule has 27 heavy (non-hydrogen) atoms. The molecule has 0 fully saturated rings. The van der Waals surface area contributed by atoms with E-state index in [4.69, 9.17) is 4.74 Å². The summed E-state index contributed by atoms with van der Waals surface area (Å²) in [5, 5.41) is 11.6. The van der Waals surface area contributed by atoms with E-state index in [0.29, 0.717) is 0 Å². The van der Waals surface area contributed by atoms with Gasteiger partial charge in [0.15, 0.2) is 5.82 Å². The third kappa shape index (κ3) is 3.10. The van der Waals surface area contributed by atoms with Gasteiger partial charge in [-0.1, -0.05) is 30.3 Å². The van der Waals surface area contributed by atoms with Gasteiger partial charge in [0.1, 0.15) is 5.75 Å². The zero-order chi connectivity index (χ0) is 19.0. The largest absolute Gasteiger partial charge is 0.496 e. The minimum atomic E-state index is 0.740. The van der Waals surface area contributed by atoms with Crippen molar-refractivity contribution in [3.05, 3.63) is 53.7 Å². The lowest BCUT2D eigenvalue weighted by molar-refractivity contribution is 0.411. The highest BCUT2D eigenvalue weighted by molar-refractivity contribution is 7.10. The van der Waals surface area contributed by atoms with Crippen molar-refractivity contribution in [3.63, 3.8) is 0 Å². The second kappa shape index (κ2) is 6.92. The first-order chi connectivity index (χ1) is 13.1. The van der Waals surface area contributed by atoms with Crippen molar-refractivity contribution in [2.45, 2.75) is 13.8 Å². The van der Waals surface area contributed by atoms with Crippen LogP contribution in [0.5, 0.6) is 5.75 Å². The van der Waals surface area contributed by atoms with Crippen LogP contribution in [0.1, 0.15) is 11.1 Å². The number of methoxy groups -OCH3 is 1. The van der Waals surface area contributed by atoms with Crippen molar-refractivity contribution in [3.8, 4) is 38.7 Å². The van der Waals surface area contributed by atoms with Crippen LogP contribution in [0.15, 0.2) is 42.6 Å². The van der Waals surface area contributed by atoms with E-state index in [0.717, 1.165) is 44.3 Å². The number of tetrazole rings is 1. The van der Waals surface area contributed by atoms with Crippen LogP contribution < -0.4 is 4.74 Å². The summed E-state index contributed by atoms with van der Waals surface area (Å²) in [5.74, 6) is 1.64. The summed E-state index contributed by atoms with van der Waals surface area (Å²) in [5.41, 5.74) is 6.67. The molecule has 0 saturated carbocycles. The van der Waals surface area contributed by atoms with E-state index >= 15 is 0 Å². The normalized spacial score (nSPS) is 11.0. The van der Waals surface area contributed by atoms with Gasteiger partial charge in [0, 0.05) is 24.4 Å². The van der Waals surface area contributed by atoms with Crippen molar-refractivity contribution in [1.29, 1.82) is 0 Å². The summed E-state index contributed by atoms with van der Waals surface area (Å²) in [7, 11) is 3.54. The Morgan fingerprint density at radius 2 is 1.74 bits per heavy atom. The zero-order valence-electron chi connectivity index (χ0n) is 15.6. The summed E-state index contributed by atoms with van der Waals surface area (Å²) in [6.45, 7) is 4.18. The van der Waals surface area contributed by atoms with Crippen molar-refractivity contribution < 1.29 is 4.74 Å². The van der Waals surface area contributed by atoms with E-state index in [2.05, 4.69) is 58.0 Å². The lowest BCUT2D eigenvalue weighted by atomic mass is 9.99. The predicted molar refractivity (Wildman–Crippen MR) is 107 cm³/mol. The smallest absolute Gasteiger partial charge is 0.181 e. The van der Waals surface area contributed by atoms with Gasteiger partial charge in [-0.2, -0.15) is 4.37 Å². The van der Waals surface area contributed by atoms with Crippen molar-refractivity contribution in [2.75, 3.05) is 7.11 Å². The number of ether oxygens (including phenoxy) is 1. The van der Waals surface area contributed by atoms with Gasteiger partial charge in [0.25, 0.3) is 0 Å². The van der Waals surface area contributed by atoms with Gasteiger partial charge in [-0.3, -0.25) is 0 Å². The number of hydrogen-bond acceptors (Lipinski definition) is 6. The molecule has 0 unspecified atom stereocenters. The molecule has 0 radical (unpaired) electrons. The second-order valence-corrected chi connectivity index (χ2v) is 7.19. The van der Waals surface area contributed by atoms with Crippen LogP contribution in [0.25, 0.3) is 33.0 Å². The van der Waals surface area contributed by atoms with E-state index in [1.165, 1.54) is 17.1 Å². The van der Waals surface area contributed by atoms with Crippen molar-refractivity contribution >= 4 is 11.5 Å². The Morgan fingerprint density at radius 3 is 2.41 bits per heavy atom. The van der Waals surface area contributed by atoms with Gasteiger partial charge < -0.3 is 4.74 Å². The first-order valence-electron chi connectivity index (χ1n) is 8.52. The van der Waals surface area contributed by atoms with Crippen LogP contribution in [0.4, 0.5) is 0 Å². The molecule has 0 spiro atoms. The molecule has 0 bridgehead atoms. The van der Waals surface area contributed by atoms with Gasteiger partial charge in [0.05, 0.1) is 12.0 Å². The molecule has 0 aliphatic heterocycles. The van der Waals surface area contributed by atoms with Crippen molar-refractivity contribution in [2.24, 2.45) is 7.05 Å². The molecule has 2 aromatic carbocycles. The van der Waals surface area contributed by atoms with E-state index in [1.807, 2.05) is 25.4 Å². The van der Waals surface area contributed by atoms with Crippen LogP contribution >= 0.6 is 11.5 Å². The molecular weight excluding hydrogens is 358 g/mol. The Morgan fingerprint density at radius 1 is 1.00 bits per heavy atom. The molecule has 0 N–H and O–H groups in total. The standard InChI is InChI=1S/C20H19N5OS/c1-12-9-16(10-18(26-4)13(12)2)19-17(11-21-27-19)14-5-7-15(8-6-14)20-22-23-24-25(20)3/h5-11H,1-4H3. The molecule has 6 nitrogen and oxygen atoms in total. The number of benzene rings is 2. The highest BCUT2D eigenvalue weighted by Crippen LogP contribution is 2.38. The first kappa shape index (κ1) is 17.4. The topological polar surface area (TPSA) is 65.7 Å². The lowest BCUT2D eigenvalue weighted by Crippen LogP contribution is -1.94. The third-order valence-corrected chi connectivity index (χ3v) is 5.60.